The van der Waals surface area contributed by atoms with Crippen molar-refractivity contribution in [2.45, 2.75) is 125 Å². The normalized spacial score (nSPS) is 28.1. The van der Waals surface area contributed by atoms with Crippen molar-refractivity contribution in [3.05, 3.63) is 66.2 Å². The molecule has 0 unspecified atom stereocenters. The van der Waals surface area contributed by atoms with Crippen molar-refractivity contribution < 1.29 is 46.6 Å². The van der Waals surface area contributed by atoms with Crippen LogP contribution in [0.15, 0.2) is 60.0 Å². The van der Waals surface area contributed by atoms with Crippen LogP contribution in [0.1, 0.15) is 88.2 Å². The van der Waals surface area contributed by atoms with Crippen LogP contribution in [0.3, 0.4) is 0 Å². The van der Waals surface area contributed by atoms with Crippen LogP contribution >= 0.6 is 0 Å². The summed E-state index contributed by atoms with van der Waals surface area (Å²) in [5, 5.41) is 8.79. The van der Waals surface area contributed by atoms with Gasteiger partial charge in [-0.1, -0.05) is 50.0 Å². The quantitative estimate of drug-likeness (QED) is 0.310. The molecule has 0 radical (unpaired) electrons. The van der Waals surface area contributed by atoms with Crippen LogP contribution in [0, 0.1) is 5.92 Å². The average Bonchev–Trinajstić information content (AvgIpc) is 3.66. The molecule has 17 nitrogen and oxygen atoms in total. The monoisotopic (exact) mass is 889 g/mol. The first-order valence-corrected chi connectivity index (χ1v) is 23.9. The first kappa shape index (κ1) is 44.3. The molecule has 5 amide bonds. The van der Waals surface area contributed by atoms with E-state index < -0.39 is 69.6 Å². The van der Waals surface area contributed by atoms with Gasteiger partial charge >= 0.3 is 12.2 Å². The van der Waals surface area contributed by atoms with E-state index >= 15 is 0 Å². The molecule has 6 aliphatic rings. The Kier molecular flexibility index (Phi) is 13.5. The van der Waals surface area contributed by atoms with Crippen molar-refractivity contribution in [2.24, 2.45) is 5.92 Å². The Morgan fingerprint density at radius 1 is 0.889 bits per heavy atom. The molecule has 1 spiro atoms. The standard InChI is InChI=1S/C45H59N7O10S/c1-2-32-26-45(32)42(55)49-63(58,59)39-16-10-9-14-36(39)46-19-11-5-3-4-6-15-37(47-43(56)61-34-12-7-8-13-34)41(54)52-29-35(25-38(52)40(53)48-45)62-44(57)51-27-30-17-18-33(24-31(30)28-51)50-20-22-60-23-21-50/h2,9-10,14,16-18,24,32,34-35,37-38,46H,1,3-8,11-13,15,19-23,25-29H2,(H,47,56)(H,48,53)(H,49,55)/t32-,35-,37+,38+,45-/m1/s1. The molecular formula is C45H59N7O10S. The molecule has 4 fully saturated rings. The number of para-hydroxylation sites is 1. The summed E-state index contributed by atoms with van der Waals surface area (Å²) in [6, 6.07) is 10.2. The van der Waals surface area contributed by atoms with E-state index in [2.05, 4.69) is 38.2 Å². The van der Waals surface area contributed by atoms with E-state index in [0.717, 1.165) is 81.3 Å². The van der Waals surface area contributed by atoms with Gasteiger partial charge in [0.1, 0.15) is 34.7 Å². The summed E-state index contributed by atoms with van der Waals surface area (Å²) < 4.78 is 47.0. The average molecular weight is 890 g/mol. The molecule has 4 aliphatic heterocycles. The predicted octanol–water partition coefficient (Wildman–Crippen LogP) is 4.31. The van der Waals surface area contributed by atoms with Gasteiger partial charge in [-0.15, -0.1) is 6.58 Å². The van der Waals surface area contributed by atoms with E-state index in [-0.39, 0.29) is 36.8 Å². The number of rotatable bonds is 5. The maximum atomic E-state index is 14.7. The Balaban J connectivity index is 1.04. The zero-order chi connectivity index (χ0) is 44.1. The van der Waals surface area contributed by atoms with E-state index in [1.807, 2.05) is 12.1 Å². The highest BCUT2D eigenvalue weighted by atomic mass is 32.2. The number of carbonyl (C=O) groups excluding carboxylic acids is 5. The zero-order valence-electron chi connectivity index (χ0n) is 35.7. The Morgan fingerprint density at radius 2 is 1.62 bits per heavy atom. The molecule has 4 heterocycles. The van der Waals surface area contributed by atoms with E-state index in [0.29, 0.717) is 45.0 Å². The summed E-state index contributed by atoms with van der Waals surface area (Å²) in [7, 11) is -4.41. The predicted molar refractivity (Wildman–Crippen MR) is 232 cm³/mol. The maximum Gasteiger partial charge on any atom is 0.410 e. The van der Waals surface area contributed by atoms with E-state index in [1.165, 1.54) is 17.0 Å². The highest BCUT2D eigenvalue weighted by Crippen LogP contribution is 2.45. The molecule has 2 aromatic carbocycles. The van der Waals surface area contributed by atoms with Gasteiger partial charge in [-0.2, -0.15) is 0 Å². The van der Waals surface area contributed by atoms with Crippen molar-refractivity contribution in [1.82, 2.24) is 25.2 Å². The van der Waals surface area contributed by atoms with Gasteiger partial charge in [-0.3, -0.25) is 19.3 Å². The van der Waals surface area contributed by atoms with Crippen LogP contribution < -0.4 is 25.6 Å². The van der Waals surface area contributed by atoms with Crippen LogP contribution in [-0.4, -0.2) is 117 Å². The Morgan fingerprint density at radius 3 is 2.40 bits per heavy atom. The minimum absolute atomic E-state index is 0.0720. The molecule has 5 atom stereocenters. The highest BCUT2D eigenvalue weighted by molar-refractivity contribution is 7.90. The number of sulfonamides is 1. The first-order chi connectivity index (χ1) is 30.4. The SMILES string of the molecule is C=C[C@@H]1C[C@@]12NC(=O)[C@@H]1C[C@@H](OC(=O)N3Cc4ccc(N5CCOCC5)cc4C3)CN1C(=O)[C@@H](NC(=O)OC1CCCC1)CCCCCCCNc1ccccc1S(=O)(=O)NC2=O. The van der Waals surface area contributed by atoms with Crippen molar-refractivity contribution in [3.63, 3.8) is 0 Å². The molecule has 2 saturated heterocycles. The second kappa shape index (κ2) is 19.2. The number of nitrogens with zero attached hydrogens (tertiary/aromatic N) is 3. The summed E-state index contributed by atoms with van der Waals surface area (Å²) >= 11 is 0. The lowest BCUT2D eigenvalue weighted by Gasteiger charge is -2.30. The third kappa shape index (κ3) is 10.1. The minimum Gasteiger partial charge on any atom is -0.446 e. The van der Waals surface area contributed by atoms with Crippen LogP contribution in [0.25, 0.3) is 0 Å². The zero-order valence-corrected chi connectivity index (χ0v) is 36.5. The summed E-state index contributed by atoms with van der Waals surface area (Å²) in [6.07, 6.45) is 6.36. The second-order valence-electron chi connectivity index (χ2n) is 17.6. The Labute approximate surface area is 368 Å². The van der Waals surface area contributed by atoms with Crippen molar-refractivity contribution in [1.29, 1.82) is 0 Å². The molecule has 18 heteroatoms. The van der Waals surface area contributed by atoms with Gasteiger partial charge in [-0.05, 0) is 80.3 Å². The number of fused-ring (bicyclic) bond motifs is 3. The number of nitrogens with one attached hydrogen (secondary N) is 4. The number of amides is 5. The second-order valence-corrected chi connectivity index (χ2v) is 19.2. The van der Waals surface area contributed by atoms with Gasteiger partial charge < -0.3 is 40.0 Å². The third-order valence-corrected chi connectivity index (χ3v) is 14.7. The number of ether oxygens (including phenoxy) is 3. The van der Waals surface area contributed by atoms with E-state index in [9.17, 15) is 32.4 Å². The fourth-order valence-corrected chi connectivity index (χ4v) is 10.8. The van der Waals surface area contributed by atoms with Crippen LogP contribution in [0.2, 0.25) is 0 Å². The van der Waals surface area contributed by atoms with Gasteiger partial charge in [0, 0.05) is 50.7 Å². The number of benzene rings is 2. The third-order valence-electron chi connectivity index (χ3n) is 13.3. The maximum absolute atomic E-state index is 14.7. The van der Waals surface area contributed by atoms with Gasteiger partial charge in [0.2, 0.25) is 11.8 Å². The number of morpholine rings is 1. The summed E-state index contributed by atoms with van der Waals surface area (Å²) in [6.45, 7) is 7.66. The summed E-state index contributed by atoms with van der Waals surface area (Å²) in [4.78, 5) is 75.5. The lowest BCUT2D eigenvalue weighted by Crippen LogP contribution is -2.58. The number of carbonyl (C=O) groups is 5. The highest BCUT2D eigenvalue weighted by Gasteiger charge is 2.61. The van der Waals surface area contributed by atoms with Gasteiger partial charge in [0.15, 0.2) is 0 Å². The molecule has 0 bridgehead atoms. The smallest absolute Gasteiger partial charge is 0.410 e. The summed E-state index contributed by atoms with van der Waals surface area (Å²) in [5.41, 5.74) is 1.72. The largest absolute Gasteiger partial charge is 0.446 e. The molecular weight excluding hydrogens is 831 g/mol. The van der Waals surface area contributed by atoms with E-state index in [4.69, 9.17) is 14.2 Å². The topological polar surface area (TPSA) is 205 Å². The van der Waals surface area contributed by atoms with Crippen LogP contribution in [0.5, 0.6) is 0 Å². The molecule has 340 valence electrons. The molecule has 2 saturated carbocycles. The van der Waals surface area contributed by atoms with Crippen LogP contribution in [-0.2, 0) is 51.7 Å². The Hall–Kier alpha value is -5.36. The molecule has 0 aromatic heterocycles. The molecule has 8 rings (SSSR count). The Bertz CT molecular complexity index is 2180. The number of alkyl carbamates (subject to hydrolysis) is 1. The fraction of sp³-hybridized carbons (Fsp3) is 0.578. The van der Waals surface area contributed by atoms with Crippen molar-refractivity contribution in [2.75, 3.05) is 49.6 Å². The van der Waals surface area contributed by atoms with Gasteiger partial charge in [0.05, 0.1) is 25.4 Å². The first-order valence-electron chi connectivity index (χ1n) is 22.5. The van der Waals surface area contributed by atoms with Gasteiger partial charge in [-0.25, -0.2) is 22.7 Å². The summed E-state index contributed by atoms with van der Waals surface area (Å²) in [5.74, 6) is -2.83. The lowest BCUT2D eigenvalue weighted by molar-refractivity contribution is -0.141. The number of anilines is 2. The number of hydrogen-bond donors (Lipinski definition) is 4. The van der Waals surface area contributed by atoms with Gasteiger partial charge in [0.25, 0.3) is 15.9 Å². The van der Waals surface area contributed by atoms with Crippen LogP contribution in [0.4, 0.5) is 21.0 Å². The number of hydrogen-bond acceptors (Lipinski definition) is 12. The molecule has 4 N–H and O–H groups in total. The molecule has 2 aromatic rings. The molecule has 2 aliphatic carbocycles. The van der Waals surface area contributed by atoms with Crippen molar-refractivity contribution >= 4 is 51.3 Å². The molecule has 63 heavy (non-hydrogen) atoms. The fourth-order valence-electron chi connectivity index (χ4n) is 9.59. The lowest BCUT2D eigenvalue weighted by atomic mass is 10.0. The van der Waals surface area contributed by atoms with E-state index in [1.54, 1.807) is 23.1 Å². The minimum atomic E-state index is -4.41. The van der Waals surface area contributed by atoms with Crippen molar-refractivity contribution in [3.8, 4) is 0 Å².